The van der Waals surface area contributed by atoms with Gasteiger partial charge in [0.15, 0.2) is 0 Å². The van der Waals surface area contributed by atoms with E-state index in [0.29, 0.717) is 23.4 Å². The van der Waals surface area contributed by atoms with E-state index in [4.69, 9.17) is 4.74 Å². The molecular formula is C29H23F3N4O2. The van der Waals surface area contributed by atoms with Crippen LogP contribution in [0.3, 0.4) is 0 Å². The molecule has 0 aliphatic carbocycles. The standard InChI is InChI=1S/C29H23F3N4O2/c1-16-26-17(2)35-36(27(26)23-5-3-4-6-24(23)33-16)28(37)34-25-15-38-14-20-13-19(9-12-22(20)25)18-7-10-21(11-8-18)29(30,31)32/h3-13,25H,14-15H2,1-2H3,(H,34,37)/t25-/m1/s1. The number of para-hydroxylation sites is 1. The highest BCUT2D eigenvalue weighted by Crippen LogP contribution is 2.34. The average molecular weight is 517 g/mol. The Balaban J connectivity index is 1.32. The lowest BCUT2D eigenvalue weighted by molar-refractivity contribution is -0.137. The third-order valence-electron chi connectivity index (χ3n) is 6.97. The van der Waals surface area contributed by atoms with Crippen molar-refractivity contribution in [1.29, 1.82) is 0 Å². The van der Waals surface area contributed by atoms with Gasteiger partial charge < -0.3 is 10.1 Å². The van der Waals surface area contributed by atoms with Gasteiger partial charge in [0.25, 0.3) is 0 Å². The topological polar surface area (TPSA) is 69.0 Å². The first-order chi connectivity index (χ1) is 18.2. The number of fused-ring (bicyclic) bond motifs is 4. The Hall–Kier alpha value is -4.24. The highest BCUT2D eigenvalue weighted by Gasteiger charge is 2.30. The number of alkyl halides is 3. The number of nitrogens with one attached hydrogen (secondary N) is 1. The van der Waals surface area contributed by atoms with Gasteiger partial charge in [-0.1, -0.05) is 42.5 Å². The first-order valence-corrected chi connectivity index (χ1v) is 12.1. The van der Waals surface area contributed by atoms with Crippen LogP contribution in [0, 0.1) is 13.8 Å². The zero-order chi connectivity index (χ0) is 26.6. The molecule has 0 saturated heterocycles. The van der Waals surface area contributed by atoms with E-state index < -0.39 is 17.8 Å². The Morgan fingerprint density at radius 1 is 1.00 bits per heavy atom. The van der Waals surface area contributed by atoms with E-state index in [-0.39, 0.29) is 12.6 Å². The number of halogens is 3. The molecule has 0 bridgehead atoms. The maximum atomic E-state index is 13.5. The van der Waals surface area contributed by atoms with Gasteiger partial charge in [-0.3, -0.25) is 4.98 Å². The first-order valence-electron chi connectivity index (χ1n) is 12.1. The third kappa shape index (κ3) is 4.09. The van der Waals surface area contributed by atoms with E-state index in [9.17, 15) is 18.0 Å². The molecule has 1 N–H and O–H groups in total. The Morgan fingerprint density at radius 2 is 1.74 bits per heavy atom. The number of benzene rings is 3. The molecule has 0 fully saturated rings. The van der Waals surface area contributed by atoms with Gasteiger partial charge in [0.2, 0.25) is 0 Å². The van der Waals surface area contributed by atoms with Crippen molar-refractivity contribution in [2.24, 2.45) is 0 Å². The van der Waals surface area contributed by atoms with E-state index in [0.717, 1.165) is 50.8 Å². The number of pyridine rings is 1. The van der Waals surface area contributed by atoms with Gasteiger partial charge in [-0.2, -0.15) is 23.0 Å². The minimum Gasteiger partial charge on any atom is -0.374 e. The SMILES string of the molecule is Cc1nc2ccccc2c2c1c(C)nn2C(=O)N[C@@H]1COCc2cc(-c3ccc(C(F)(F)F)cc3)ccc21. The van der Waals surface area contributed by atoms with Crippen LogP contribution < -0.4 is 5.32 Å². The summed E-state index contributed by atoms with van der Waals surface area (Å²) in [4.78, 5) is 18.2. The lowest BCUT2D eigenvalue weighted by Crippen LogP contribution is -2.37. The molecule has 1 atom stereocenters. The summed E-state index contributed by atoms with van der Waals surface area (Å²) in [6.07, 6.45) is -4.38. The molecule has 1 amide bonds. The molecule has 9 heteroatoms. The van der Waals surface area contributed by atoms with Crippen LogP contribution in [0.4, 0.5) is 18.0 Å². The molecule has 0 saturated carbocycles. The highest BCUT2D eigenvalue weighted by atomic mass is 19.4. The monoisotopic (exact) mass is 516 g/mol. The molecule has 3 aromatic carbocycles. The fraction of sp³-hybridized carbons (Fsp3) is 0.207. The van der Waals surface area contributed by atoms with E-state index in [2.05, 4.69) is 15.4 Å². The van der Waals surface area contributed by atoms with E-state index in [1.54, 1.807) is 0 Å². The quantitative estimate of drug-likeness (QED) is 0.283. The van der Waals surface area contributed by atoms with Gasteiger partial charge in [-0.25, -0.2) is 4.79 Å². The van der Waals surface area contributed by atoms with Crippen molar-refractivity contribution in [3.05, 3.63) is 94.8 Å². The molecule has 5 aromatic rings. The van der Waals surface area contributed by atoms with Crippen LogP contribution in [-0.4, -0.2) is 27.4 Å². The second-order valence-electron chi connectivity index (χ2n) is 9.44. The second-order valence-corrected chi connectivity index (χ2v) is 9.44. The zero-order valence-electron chi connectivity index (χ0n) is 20.6. The van der Waals surface area contributed by atoms with Crippen LogP contribution in [0.2, 0.25) is 0 Å². The van der Waals surface area contributed by atoms with E-state index in [1.807, 2.05) is 56.3 Å². The number of carbonyl (C=O) groups is 1. The number of aryl methyl sites for hydroxylation is 2. The molecular weight excluding hydrogens is 493 g/mol. The maximum Gasteiger partial charge on any atom is 0.416 e. The summed E-state index contributed by atoms with van der Waals surface area (Å²) >= 11 is 0. The highest BCUT2D eigenvalue weighted by molar-refractivity contribution is 6.08. The van der Waals surface area contributed by atoms with Crippen LogP contribution in [0.25, 0.3) is 32.9 Å². The largest absolute Gasteiger partial charge is 0.416 e. The average Bonchev–Trinajstić information content (AvgIpc) is 3.26. The predicted molar refractivity (Wildman–Crippen MR) is 138 cm³/mol. The Bertz CT molecular complexity index is 1710. The minimum atomic E-state index is -4.38. The maximum absolute atomic E-state index is 13.5. The summed E-state index contributed by atoms with van der Waals surface area (Å²) in [6, 6.07) is 17.6. The number of carbonyl (C=O) groups excluding carboxylic acids is 1. The Labute approximate surface area is 216 Å². The number of aromatic nitrogens is 3. The third-order valence-corrected chi connectivity index (χ3v) is 6.97. The molecule has 0 spiro atoms. The van der Waals surface area contributed by atoms with Crippen molar-refractivity contribution in [2.45, 2.75) is 32.7 Å². The first kappa shape index (κ1) is 24.1. The number of nitrogens with zero attached hydrogens (tertiary/aromatic N) is 3. The van der Waals surface area contributed by atoms with E-state index >= 15 is 0 Å². The fourth-order valence-electron chi connectivity index (χ4n) is 5.17. The van der Waals surface area contributed by atoms with Crippen molar-refractivity contribution in [1.82, 2.24) is 20.1 Å². The smallest absolute Gasteiger partial charge is 0.374 e. The van der Waals surface area contributed by atoms with Crippen molar-refractivity contribution in [2.75, 3.05) is 6.61 Å². The molecule has 38 heavy (non-hydrogen) atoms. The number of amides is 1. The molecule has 1 aliphatic rings. The molecule has 2 aromatic heterocycles. The number of hydrogen-bond acceptors (Lipinski definition) is 4. The molecule has 6 rings (SSSR count). The van der Waals surface area contributed by atoms with Crippen molar-refractivity contribution >= 4 is 27.8 Å². The van der Waals surface area contributed by atoms with E-state index in [1.165, 1.54) is 16.8 Å². The minimum absolute atomic E-state index is 0.290. The number of hydrogen-bond donors (Lipinski definition) is 1. The van der Waals surface area contributed by atoms with Gasteiger partial charge in [0.1, 0.15) is 0 Å². The molecule has 6 nitrogen and oxygen atoms in total. The summed E-state index contributed by atoms with van der Waals surface area (Å²) in [7, 11) is 0. The van der Waals surface area contributed by atoms with Crippen molar-refractivity contribution < 1.29 is 22.7 Å². The lowest BCUT2D eigenvalue weighted by atomic mass is 9.94. The molecule has 192 valence electrons. The van der Waals surface area contributed by atoms with Crippen LogP contribution in [0.5, 0.6) is 0 Å². The number of rotatable bonds is 2. The number of ether oxygens (including phenoxy) is 1. The van der Waals surface area contributed by atoms with Gasteiger partial charge in [-0.05, 0) is 60.4 Å². The predicted octanol–water partition coefficient (Wildman–Crippen LogP) is 6.72. The summed E-state index contributed by atoms with van der Waals surface area (Å²) in [5.74, 6) is 0. The Kier molecular flexibility index (Phi) is 5.68. The van der Waals surface area contributed by atoms with Gasteiger partial charge >= 0.3 is 12.2 Å². The second kappa shape index (κ2) is 8.95. The van der Waals surface area contributed by atoms with Gasteiger partial charge in [-0.15, -0.1) is 0 Å². The van der Waals surface area contributed by atoms with Crippen LogP contribution in [0.15, 0.2) is 66.7 Å². The summed E-state index contributed by atoms with van der Waals surface area (Å²) in [5, 5.41) is 9.29. The summed E-state index contributed by atoms with van der Waals surface area (Å²) in [5.41, 5.74) is 5.53. The van der Waals surface area contributed by atoms with Crippen LogP contribution in [0.1, 0.15) is 34.1 Å². The van der Waals surface area contributed by atoms with Gasteiger partial charge in [0, 0.05) is 16.5 Å². The van der Waals surface area contributed by atoms with Crippen LogP contribution in [-0.2, 0) is 17.5 Å². The van der Waals surface area contributed by atoms with Crippen molar-refractivity contribution in [3.8, 4) is 11.1 Å². The van der Waals surface area contributed by atoms with Crippen LogP contribution >= 0.6 is 0 Å². The Morgan fingerprint density at radius 3 is 2.50 bits per heavy atom. The molecule has 0 unspecified atom stereocenters. The summed E-state index contributed by atoms with van der Waals surface area (Å²) in [6.45, 7) is 4.40. The molecule has 0 radical (unpaired) electrons. The molecule has 3 heterocycles. The van der Waals surface area contributed by atoms with Crippen molar-refractivity contribution in [3.63, 3.8) is 0 Å². The van der Waals surface area contributed by atoms with Gasteiger partial charge in [0.05, 0.1) is 41.5 Å². The lowest BCUT2D eigenvalue weighted by Gasteiger charge is -2.27. The molecule has 1 aliphatic heterocycles. The normalized spacial score (nSPS) is 15.6. The fourth-order valence-corrected chi connectivity index (χ4v) is 5.17. The zero-order valence-corrected chi connectivity index (χ0v) is 20.6. The summed E-state index contributed by atoms with van der Waals surface area (Å²) < 4.78 is 46.0.